The lowest BCUT2D eigenvalue weighted by molar-refractivity contribution is -0.0501. The zero-order valence-corrected chi connectivity index (χ0v) is 8.80. The van der Waals surface area contributed by atoms with Crippen LogP contribution in [0.15, 0.2) is 24.3 Å². The first-order valence-corrected chi connectivity index (χ1v) is 4.76. The van der Waals surface area contributed by atoms with Gasteiger partial charge in [-0.05, 0) is 12.1 Å². The minimum atomic E-state index is -3.00. The van der Waals surface area contributed by atoms with Crippen LogP contribution in [0.2, 0.25) is 0 Å². The molecule has 2 nitrogen and oxygen atoms in total. The van der Waals surface area contributed by atoms with Crippen LogP contribution in [0.5, 0.6) is 5.75 Å². The molecule has 0 aliphatic carbocycles. The molecule has 1 aromatic carbocycles. The molecule has 0 N–H and O–H groups in total. The maximum atomic E-state index is 12.0. The standard InChI is InChI=1S/C9H6Cl2F2O2/c10-8(11)7(14)5-3-1-2-4-6(5)15-9(12)13/h1-4,8-9H. The fraction of sp³-hybridized carbons (Fsp3) is 0.222. The van der Waals surface area contributed by atoms with Gasteiger partial charge in [0.05, 0.1) is 5.56 Å². The summed E-state index contributed by atoms with van der Waals surface area (Å²) in [5.41, 5.74) is -0.0622. The summed E-state index contributed by atoms with van der Waals surface area (Å²) in [6, 6.07) is 5.53. The quantitative estimate of drug-likeness (QED) is 0.609. The summed E-state index contributed by atoms with van der Waals surface area (Å²) in [4.78, 5) is 10.1. The molecule has 0 aromatic heterocycles. The van der Waals surface area contributed by atoms with E-state index >= 15 is 0 Å². The first kappa shape index (κ1) is 12.2. The van der Waals surface area contributed by atoms with Crippen LogP contribution in [-0.4, -0.2) is 17.2 Å². The molecule has 0 aliphatic rings. The molecule has 0 amide bonds. The third-order valence-electron chi connectivity index (χ3n) is 1.57. The summed E-state index contributed by atoms with van der Waals surface area (Å²) >= 11 is 10.7. The van der Waals surface area contributed by atoms with Crippen LogP contribution in [0.3, 0.4) is 0 Å². The van der Waals surface area contributed by atoms with Gasteiger partial charge in [-0.25, -0.2) is 0 Å². The Morgan fingerprint density at radius 2 is 1.87 bits per heavy atom. The number of carbonyl (C=O) groups is 1. The second-order valence-corrected chi connectivity index (χ2v) is 3.64. The highest BCUT2D eigenvalue weighted by Gasteiger charge is 2.19. The number of para-hydroxylation sites is 1. The molecular weight excluding hydrogens is 249 g/mol. The molecule has 0 fully saturated rings. The second kappa shape index (κ2) is 5.28. The van der Waals surface area contributed by atoms with Crippen molar-refractivity contribution in [2.75, 3.05) is 0 Å². The molecule has 0 radical (unpaired) electrons. The van der Waals surface area contributed by atoms with Gasteiger partial charge in [0, 0.05) is 0 Å². The Kier molecular flexibility index (Phi) is 4.29. The van der Waals surface area contributed by atoms with Gasteiger partial charge in [-0.15, -0.1) is 0 Å². The number of hydrogen-bond acceptors (Lipinski definition) is 2. The van der Waals surface area contributed by atoms with Crippen molar-refractivity contribution in [1.29, 1.82) is 0 Å². The molecule has 15 heavy (non-hydrogen) atoms. The molecule has 6 heteroatoms. The van der Waals surface area contributed by atoms with E-state index in [2.05, 4.69) is 4.74 Å². The molecule has 0 saturated heterocycles. The van der Waals surface area contributed by atoms with E-state index in [0.717, 1.165) is 0 Å². The minimum Gasteiger partial charge on any atom is -0.434 e. The topological polar surface area (TPSA) is 26.3 Å². The molecule has 0 atom stereocenters. The van der Waals surface area contributed by atoms with Crippen LogP contribution < -0.4 is 4.74 Å². The molecule has 82 valence electrons. The van der Waals surface area contributed by atoms with Crippen LogP contribution in [0, 0.1) is 0 Å². The number of halogens is 4. The van der Waals surface area contributed by atoms with Crippen LogP contribution in [-0.2, 0) is 0 Å². The Hall–Kier alpha value is -0.870. The summed E-state index contributed by atoms with van der Waals surface area (Å²) in [7, 11) is 0. The Morgan fingerprint density at radius 3 is 2.40 bits per heavy atom. The Labute approximate surface area is 94.7 Å². The van der Waals surface area contributed by atoms with E-state index in [1.165, 1.54) is 24.3 Å². The van der Waals surface area contributed by atoms with E-state index < -0.39 is 17.2 Å². The molecule has 0 spiro atoms. The predicted octanol–water partition coefficient (Wildman–Crippen LogP) is 3.27. The molecule has 0 saturated carbocycles. The maximum Gasteiger partial charge on any atom is 0.387 e. The number of ketones is 1. The summed E-state index contributed by atoms with van der Waals surface area (Å²) in [6.45, 7) is -3.00. The fourth-order valence-corrected chi connectivity index (χ4v) is 1.22. The molecule has 1 aromatic rings. The lowest BCUT2D eigenvalue weighted by Gasteiger charge is -2.09. The van der Waals surface area contributed by atoms with Crippen molar-refractivity contribution in [3.63, 3.8) is 0 Å². The van der Waals surface area contributed by atoms with Gasteiger partial charge in [-0.2, -0.15) is 8.78 Å². The van der Waals surface area contributed by atoms with Gasteiger partial charge in [0.2, 0.25) is 0 Å². The van der Waals surface area contributed by atoms with Gasteiger partial charge < -0.3 is 4.74 Å². The van der Waals surface area contributed by atoms with E-state index in [4.69, 9.17) is 23.2 Å². The van der Waals surface area contributed by atoms with E-state index in [-0.39, 0.29) is 11.3 Å². The lowest BCUT2D eigenvalue weighted by atomic mass is 10.1. The third kappa shape index (κ3) is 3.32. The number of alkyl halides is 4. The predicted molar refractivity (Wildman–Crippen MR) is 52.9 cm³/mol. The Morgan fingerprint density at radius 1 is 1.27 bits per heavy atom. The van der Waals surface area contributed by atoms with Crippen molar-refractivity contribution < 1.29 is 18.3 Å². The van der Waals surface area contributed by atoms with E-state index in [1.807, 2.05) is 0 Å². The average Bonchev–Trinajstić information content (AvgIpc) is 2.16. The molecule has 0 heterocycles. The number of ether oxygens (including phenoxy) is 1. The second-order valence-electron chi connectivity index (χ2n) is 2.54. The number of benzene rings is 1. The van der Waals surface area contributed by atoms with Crippen LogP contribution >= 0.6 is 23.2 Å². The first-order chi connectivity index (χ1) is 7.02. The fourth-order valence-electron chi connectivity index (χ4n) is 0.986. The van der Waals surface area contributed by atoms with Gasteiger partial charge in [0.25, 0.3) is 0 Å². The molecule has 1 rings (SSSR count). The number of carbonyl (C=O) groups excluding carboxylic acids is 1. The van der Waals surface area contributed by atoms with Crippen molar-refractivity contribution in [2.45, 2.75) is 11.4 Å². The van der Waals surface area contributed by atoms with Gasteiger partial charge in [-0.1, -0.05) is 35.3 Å². The summed E-state index contributed by atoms with van der Waals surface area (Å²) < 4.78 is 28.1. The molecular formula is C9H6Cl2F2O2. The van der Waals surface area contributed by atoms with Crippen molar-refractivity contribution in [3.05, 3.63) is 29.8 Å². The highest BCUT2D eigenvalue weighted by Crippen LogP contribution is 2.23. The summed E-state index contributed by atoms with van der Waals surface area (Å²) in [5, 5.41) is 0. The zero-order chi connectivity index (χ0) is 11.4. The third-order valence-corrected chi connectivity index (χ3v) is 1.96. The van der Waals surface area contributed by atoms with Gasteiger partial charge in [0.1, 0.15) is 5.75 Å². The van der Waals surface area contributed by atoms with Gasteiger partial charge in [-0.3, -0.25) is 4.79 Å². The van der Waals surface area contributed by atoms with E-state index in [0.29, 0.717) is 0 Å². The van der Waals surface area contributed by atoms with Crippen molar-refractivity contribution in [2.24, 2.45) is 0 Å². The highest BCUT2D eigenvalue weighted by molar-refractivity contribution is 6.55. The first-order valence-electron chi connectivity index (χ1n) is 3.88. The van der Waals surface area contributed by atoms with E-state index in [9.17, 15) is 13.6 Å². The smallest absolute Gasteiger partial charge is 0.387 e. The highest BCUT2D eigenvalue weighted by atomic mass is 35.5. The minimum absolute atomic E-state index is 0.0622. The lowest BCUT2D eigenvalue weighted by Crippen LogP contribution is -2.12. The van der Waals surface area contributed by atoms with E-state index in [1.54, 1.807) is 0 Å². The van der Waals surface area contributed by atoms with Crippen LogP contribution in [0.4, 0.5) is 8.78 Å². The Balaban J connectivity index is 3.01. The molecule has 0 unspecified atom stereocenters. The maximum absolute atomic E-state index is 12.0. The molecule has 0 aliphatic heterocycles. The number of Topliss-reactive ketones (excluding diaryl/α,β-unsaturated/α-hetero) is 1. The van der Waals surface area contributed by atoms with Crippen molar-refractivity contribution in [1.82, 2.24) is 0 Å². The van der Waals surface area contributed by atoms with Gasteiger partial charge >= 0.3 is 6.61 Å². The van der Waals surface area contributed by atoms with Crippen LogP contribution in [0.1, 0.15) is 10.4 Å². The van der Waals surface area contributed by atoms with Gasteiger partial charge in [0.15, 0.2) is 10.6 Å². The average molecular weight is 255 g/mol. The number of hydrogen-bond donors (Lipinski definition) is 0. The van der Waals surface area contributed by atoms with Crippen molar-refractivity contribution >= 4 is 29.0 Å². The summed E-state index contributed by atoms with van der Waals surface area (Å²) in [5.74, 6) is -0.904. The zero-order valence-electron chi connectivity index (χ0n) is 7.29. The largest absolute Gasteiger partial charge is 0.434 e. The molecule has 0 bridgehead atoms. The monoisotopic (exact) mass is 254 g/mol. The summed E-state index contributed by atoms with van der Waals surface area (Å²) in [6.07, 6.45) is 0. The normalized spacial score (nSPS) is 10.8. The Bertz CT molecular complexity index is 356. The van der Waals surface area contributed by atoms with Crippen molar-refractivity contribution in [3.8, 4) is 5.75 Å². The number of rotatable bonds is 4. The van der Waals surface area contributed by atoms with Crippen LogP contribution in [0.25, 0.3) is 0 Å². The SMILES string of the molecule is O=C(c1ccccc1OC(F)F)C(Cl)Cl.